The molecule has 0 amide bonds. The molecule has 1 unspecified atom stereocenters. The molecule has 3 N–H and O–H groups in total. The highest BCUT2D eigenvalue weighted by Crippen LogP contribution is 2.28. The number of nitrogens with zero attached hydrogens (tertiary/aromatic N) is 4. The molecule has 0 saturated heterocycles. The van der Waals surface area contributed by atoms with Crippen molar-refractivity contribution in [2.45, 2.75) is 51.4 Å². The number of rotatable bonds is 9. The number of anilines is 2. The SMILES string of the molecule is CC(Oc1ccc(Oc2nc3ccc(Cl)cc3o2)cc1)C(=O)O.CCNc1nc(NC(C)(C)C)nc(SC)n1. The number of nitrogens with one attached hydrogen (secondary N) is 2. The fourth-order valence-electron chi connectivity index (χ4n) is 2.94. The fraction of sp³-hybridized carbons (Fsp3) is 0.346. The zero-order valence-corrected chi connectivity index (χ0v) is 24.1. The Bertz CT molecular complexity index is 1390. The number of hydrogen-bond acceptors (Lipinski definition) is 11. The van der Waals surface area contributed by atoms with Gasteiger partial charge in [0.15, 0.2) is 16.8 Å². The van der Waals surface area contributed by atoms with Crippen LogP contribution in [0.3, 0.4) is 0 Å². The number of fused-ring (bicyclic) bond motifs is 1. The zero-order chi connectivity index (χ0) is 28.6. The van der Waals surface area contributed by atoms with Crippen LogP contribution in [-0.2, 0) is 4.79 Å². The highest BCUT2D eigenvalue weighted by Gasteiger charge is 2.14. The molecule has 0 fully saturated rings. The van der Waals surface area contributed by atoms with Gasteiger partial charge in [0.2, 0.25) is 11.9 Å². The number of halogens is 1. The lowest BCUT2D eigenvalue weighted by Gasteiger charge is -2.20. The van der Waals surface area contributed by atoms with Crippen LogP contribution in [0.4, 0.5) is 11.9 Å². The van der Waals surface area contributed by atoms with Crippen molar-refractivity contribution in [2.24, 2.45) is 0 Å². The average molecular weight is 575 g/mol. The Labute approximate surface area is 235 Å². The number of ether oxygens (including phenoxy) is 2. The van der Waals surface area contributed by atoms with Crippen molar-refractivity contribution in [1.29, 1.82) is 0 Å². The maximum atomic E-state index is 10.7. The van der Waals surface area contributed by atoms with Gasteiger partial charge in [0.1, 0.15) is 17.0 Å². The van der Waals surface area contributed by atoms with Gasteiger partial charge in [0.05, 0.1) is 0 Å². The second-order valence-corrected chi connectivity index (χ2v) is 10.3. The molecule has 1 atom stereocenters. The summed E-state index contributed by atoms with van der Waals surface area (Å²) in [5.74, 6) is 1.11. The van der Waals surface area contributed by atoms with Crippen LogP contribution >= 0.6 is 23.4 Å². The molecule has 0 aliphatic rings. The van der Waals surface area contributed by atoms with E-state index in [-0.39, 0.29) is 11.6 Å². The Morgan fingerprint density at radius 3 is 2.36 bits per heavy atom. The van der Waals surface area contributed by atoms with Gasteiger partial charge in [-0.1, -0.05) is 23.4 Å². The highest BCUT2D eigenvalue weighted by molar-refractivity contribution is 7.98. The van der Waals surface area contributed by atoms with Gasteiger partial charge >= 0.3 is 12.0 Å². The molecule has 2 aromatic heterocycles. The first-order valence-corrected chi connectivity index (χ1v) is 13.6. The maximum Gasteiger partial charge on any atom is 0.400 e. The summed E-state index contributed by atoms with van der Waals surface area (Å²) in [5, 5.41) is 16.4. The van der Waals surface area contributed by atoms with E-state index in [1.807, 2.05) is 13.2 Å². The van der Waals surface area contributed by atoms with E-state index in [0.29, 0.717) is 39.5 Å². The van der Waals surface area contributed by atoms with Gasteiger partial charge < -0.3 is 29.6 Å². The number of carboxylic acid groups (broad SMARTS) is 1. The number of thioether (sulfide) groups is 1. The summed E-state index contributed by atoms with van der Waals surface area (Å²) in [7, 11) is 0. The number of oxazole rings is 1. The summed E-state index contributed by atoms with van der Waals surface area (Å²) in [6.07, 6.45) is 1.12. The second kappa shape index (κ2) is 13.3. The summed E-state index contributed by atoms with van der Waals surface area (Å²) in [5.41, 5.74) is 1.11. The number of benzene rings is 2. The molecule has 11 nitrogen and oxygen atoms in total. The largest absolute Gasteiger partial charge is 0.479 e. The monoisotopic (exact) mass is 574 g/mol. The molecule has 0 saturated carbocycles. The summed E-state index contributed by atoms with van der Waals surface area (Å²) < 4.78 is 16.2. The highest BCUT2D eigenvalue weighted by atomic mass is 35.5. The van der Waals surface area contributed by atoms with Crippen LogP contribution in [0.15, 0.2) is 52.0 Å². The van der Waals surface area contributed by atoms with Gasteiger partial charge in [-0.15, -0.1) is 0 Å². The molecule has 0 radical (unpaired) electrons. The van der Waals surface area contributed by atoms with Crippen LogP contribution in [0, 0.1) is 0 Å². The van der Waals surface area contributed by atoms with Gasteiger partial charge in [-0.05, 0) is 77.3 Å². The first kappa shape index (κ1) is 29.8. The lowest BCUT2D eigenvalue weighted by atomic mass is 10.1. The lowest BCUT2D eigenvalue weighted by Crippen LogP contribution is -2.27. The third-order valence-corrected chi connectivity index (χ3v) is 5.42. The van der Waals surface area contributed by atoms with Crippen molar-refractivity contribution in [1.82, 2.24) is 19.9 Å². The van der Waals surface area contributed by atoms with E-state index in [0.717, 1.165) is 11.7 Å². The summed E-state index contributed by atoms with van der Waals surface area (Å²) in [4.78, 5) is 27.8. The van der Waals surface area contributed by atoms with Gasteiger partial charge in [-0.25, -0.2) is 4.79 Å². The van der Waals surface area contributed by atoms with E-state index in [2.05, 4.69) is 51.3 Å². The van der Waals surface area contributed by atoms with Crippen LogP contribution < -0.4 is 20.1 Å². The Morgan fingerprint density at radius 2 is 1.74 bits per heavy atom. The number of hydrogen-bond donors (Lipinski definition) is 3. The number of carboxylic acids is 1. The topological polar surface area (TPSA) is 145 Å². The van der Waals surface area contributed by atoms with Gasteiger partial charge in [-0.2, -0.15) is 19.9 Å². The first-order valence-electron chi connectivity index (χ1n) is 12.0. The molecule has 2 heterocycles. The van der Waals surface area contributed by atoms with Crippen LogP contribution in [0.5, 0.6) is 17.6 Å². The predicted octanol–water partition coefficient (Wildman–Crippen LogP) is 6.36. The molecular weight excluding hydrogens is 544 g/mol. The minimum atomic E-state index is -1.03. The Hall–Kier alpha value is -3.77. The molecule has 39 heavy (non-hydrogen) atoms. The van der Waals surface area contributed by atoms with E-state index in [1.165, 1.54) is 18.7 Å². The zero-order valence-electron chi connectivity index (χ0n) is 22.5. The van der Waals surface area contributed by atoms with Crippen LogP contribution in [0.1, 0.15) is 34.6 Å². The molecule has 4 aromatic rings. The van der Waals surface area contributed by atoms with E-state index in [1.54, 1.807) is 42.5 Å². The minimum Gasteiger partial charge on any atom is -0.479 e. The van der Waals surface area contributed by atoms with Crippen molar-refractivity contribution >= 4 is 52.3 Å². The first-order chi connectivity index (χ1) is 18.5. The molecule has 0 aliphatic heterocycles. The van der Waals surface area contributed by atoms with E-state index >= 15 is 0 Å². The normalized spacial score (nSPS) is 11.8. The molecule has 2 aromatic carbocycles. The maximum absolute atomic E-state index is 10.7. The van der Waals surface area contributed by atoms with E-state index < -0.39 is 12.1 Å². The van der Waals surface area contributed by atoms with Crippen LogP contribution in [-0.4, -0.2) is 55.5 Å². The van der Waals surface area contributed by atoms with Crippen LogP contribution in [0.2, 0.25) is 5.02 Å². The fourth-order valence-corrected chi connectivity index (χ4v) is 3.46. The predicted molar refractivity (Wildman–Crippen MR) is 152 cm³/mol. The standard InChI is InChI=1S/C16H12ClNO5.C10H19N5S/c1-9(15(19)20)21-11-3-5-12(6-4-11)22-16-18-13-7-2-10(17)8-14(13)23-16;1-6-11-7-12-8(15-10(2,3)4)14-9(13-7)16-5/h2-9H,1H3,(H,19,20);6H2,1-5H3,(H2,11,12,13,14,15). The molecule has 0 aliphatic carbocycles. The number of carbonyl (C=O) groups is 1. The van der Waals surface area contributed by atoms with Crippen molar-refractivity contribution < 1.29 is 23.8 Å². The smallest absolute Gasteiger partial charge is 0.400 e. The van der Waals surface area contributed by atoms with Crippen molar-refractivity contribution in [3.63, 3.8) is 0 Å². The average Bonchev–Trinajstić information content (AvgIpc) is 3.25. The van der Waals surface area contributed by atoms with E-state index in [9.17, 15) is 4.79 Å². The van der Waals surface area contributed by atoms with Gasteiger partial charge in [0.25, 0.3) is 0 Å². The summed E-state index contributed by atoms with van der Waals surface area (Å²) in [6.45, 7) is 10.5. The number of aliphatic carboxylic acids is 1. The Balaban J connectivity index is 0.000000231. The third kappa shape index (κ3) is 9.48. The quantitative estimate of drug-likeness (QED) is 0.191. The molecular formula is C26H31ClN6O5S. The second-order valence-electron chi connectivity index (χ2n) is 9.14. The van der Waals surface area contributed by atoms with Crippen molar-refractivity contribution in [3.8, 4) is 17.6 Å². The Kier molecular flexibility index (Phi) is 10.2. The summed E-state index contributed by atoms with van der Waals surface area (Å²) >= 11 is 7.39. The number of aromatic nitrogens is 4. The van der Waals surface area contributed by atoms with Crippen molar-refractivity contribution in [3.05, 3.63) is 47.5 Å². The van der Waals surface area contributed by atoms with Gasteiger partial charge in [0, 0.05) is 23.2 Å². The molecule has 4 rings (SSSR count). The molecule has 0 spiro atoms. The van der Waals surface area contributed by atoms with Crippen LogP contribution in [0.25, 0.3) is 11.1 Å². The summed E-state index contributed by atoms with van der Waals surface area (Å²) in [6, 6.07) is 11.6. The van der Waals surface area contributed by atoms with Crippen molar-refractivity contribution in [2.75, 3.05) is 23.4 Å². The Morgan fingerprint density at radius 1 is 1.08 bits per heavy atom. The van der Waals surface area contributed by atoms with E-state index in [4.69, 9.17) is 30.6 Å². The molecule has 13 heteroatoms. The third-order valence-electron chi connectivity index (χ3n) is 4.64. The molecule has 0 bridgehead atoms. The minimum absolute atomic E-state index is 0.0550. The lowest BCUT2D eigenvalue weighted by molar-refractivity contribution is -0.144. The molecule has 208 valence electrons. The van der Waals surface area contributed by atoms with Gasteiger partial charge in [-0.3, -0.25) is 0 Å².